The second kappa shape index (κ2) is 5.97. The Hall–Kier alpha value is -2.33. The number of hydrogen-bond acceptors (Lipinski definition) is 4. The van der Waals surface area contributed by atoms with E-state index in [9.17, 15) is 0 Å². The second-order valence-corrected chi connectivity index (χ2v) is 5.00. The third-order valence-corrected chi connectivity index (χ3v) is 3.24. The van der Waals surface area contributed by atoms with Crippen LogP contribution in [0, 0.1) is 6.92 Å². The summed E-state index contributed by atoms with van der Waals surface area (Å²) in [6.07, 6.45) is 0. The number of ether oxygens (including phenoxy) is 1. The first kappa shape index (κ1) is 13.6. The monoisotopic (exact) mass is 300 g/mol. The minimum atomic E-state index is 0.184. The Balaban J connectivity index is 1.72. The first-order chi connectivity index (χ1) is 10.2. The number of nitrogens with zero attached hydrogens (tertiary/aromatic N) is 2. The number of aryl methyl sites for hydroxylation is 1. The van der Waals surface area contributed by atoms with Crippen LogP contribution in [-0.2, 0) is 6.61 Å². The molecule has 0 amide bonds. The number of benzene rings is 2. The van der Waals surface area contributed by atoms with E-state index in [0.717, 1.165) is 11.1 Å². The van der Waals surface area contributed by atoms with Gasteiger partial charge in [-0.3, -0.25) is 0 Å². The lowest BCUT2D eigenvalue weighted by Crippen LogP contribution is -1.96. The highest BCUT2D eigenvalue weighted by Gasteiger charge is 2.09. The largest absolute Gasteiger partial charge is 0.482 e. The molecule has 0 saturated carbocycles. The number of hydrogen-bond donors (Lipinski definition) is 0. The molecule has 4 nitrogen and oxygen atoms in total. The van der Waals surface area contributed by atoms with Gasteiger partial charge in [-0.05, 0) is 36.8 Å². The standard InChI is InChI=1S/C16H13ClN2O2/c1-11-7-8-13(17)14(9-11)20-10-15-18-19-16(21-15)12-5-3-2-4-6-12/h2-9H,10H2,1H3. The zero-order valence-corrected chi connectivity index (χ0v) is 12.2. The molecule has 1 aromatic heterocycles. The molecule has 0 fully saturated rings. The van der Waals surface area contributed by atoms with E-state index in [1.54, 1.807) is 6.07 Å². The fraction of sp³-hybridized carbons (Fsp3) is 0.125. The van der Waals surface area contributed by atoms with E-state index in [0.29, 0.717) is 22.6 Å². The topological polar surface area (TPSA) is 48.2 Å². The fourth-order valence-corrected chi connectivity index (χ4v) is 2.04. The van der Waals surface area contributed by atoms with E-state index in [2.05, 4.69) is 10.2 Å². The molecule has 106 valence electrons. The third-order valence-electron chi connectivity index (χ3n) is 2.93. The van der Waals surface area contributed by atoms with Crippen molar-refractivity contribution in [1.82, 2.24) is 10.2 Å². The molecular formula is C16H13ClN2O2. The van der Waals surface area contributed by atoms with Crippen LogP contribution in [0.5, 0.6) is 5.75 Å². The molecule has 3 aromatic rings. The predicted molar refractivity (Wildman–Crippen MR) is 80.3 cm³/mol. The Morgan fingerprint density at radius 1 is 1.10 bits per heavy atom. The van der Waals surface area contributed by atoms with Gasteiger partial charge in [0.25, 0.3) is 5.89 Å². The lowest BCUT2D eigenvalue weighted by atomic mass is 10.2. The molecule has 0 saturated heterocycles. The fourth-order valence-electron chi connectivity index (χ4n) is 1.87. The van der Waals surface area contributed by atoms with Crippen molar-refractivity contribution in [1.29, 1.82) is 0 Å². The summed E-state index contributed by atoms with van der Waals surface area (Å²) >= 11 is 6.07. The molecule has 0 bridgehead atoms. The molecular weight excluding hydrogens is 288 g/mol. The number of rotatable bonds is 4. The summed E-state index contributed by atoms with van der Waals surface area (Å²) in [4.78, 5) is 0. The SMILES string of the molecule is Cc1ccc(Cl)c(OCc2nnc(-c3ccccc3)o2)c1. The second-order valence-electron chi connectivity index (χ2n) is 4.59. The average molecular weight is 301 g/mol. The lowest BCUT2D eigenvalue weighted by molar-refractivity contribution is 0.264. The first-order valence-corrected chi connectivity index (χ1v) is 6.87. The van der Waals surface area contributed by atoms with Gasteiger partial charge in [0.1, 0.15) is 5.75 Å². The van der Waals surface area contributed by atoms with E-state index < -0.39 is 0 Å². The molecule has 5 heteroatoms. The Bertz CT molecular complexity index is 741. The smallest absolute Gasteiger partial charge is 0.254 e. The van der Waals surface area contributed by atoms with Crippen LogP contribution >= 0.6 is 11.6 Å². The Morgan fingerprint density at radius 3 is 2.71 bits per heavy atom. The highest BCUT2D eigenvalue weighted by molar-refractivity contribution is 6.32. The maximum atomic E-state index is 6.07. The lowest BCUT2D eigenvalue weighted by Gasteiger charge is -2.06. The van der Waals surface area contributed by atoms with Gasteiger partial charge < -0.3 is 9.15 Å². The van der Waals surface area contributed by atoms with Crippen LogP contribution in [0.2, 0.25) is 5.02 Å². The minimum absolute atomic E-state index is 0.184. The van der Waals surface area contributed by atoms with Gasteiger partial charge in [-0.2, -0.15) is 0 Å². The van der Waals surface area contributed by atoms with Gasteiger partial charge in [0.2, 0.25) is 5.89 Å². The van der Waals surface area contributed by atoms with Crippen molar-refractivity contribution in [3.8, 4) is 17.2 Å². The van der Waals surface area contributed by atoms with Gasteiger partial charge in [-0.15, -0.1) is 10.2 Å². The summed E-state index contributed by atoms with van der Waals surface area (Å²) in [5.74, 6) is 1.49. The van der Waals surface area contributed by atoms with Crippen molar-refractivity contribution in [2.45, 2.75) is 13.5 Å². The quantitative estimate of drug-likeness (QED) is 0.721. The normalized spacial score (nSPS) is 10.6. The molecule has 0 unspecified atom stereocenters. The van der Waals surface area contributed by atoms with Crippen LogP contribution in [0.25, 0.3) is 11.5 Å². The Morgan fingerprint density at radius 2 is 1.90 bits per heavy atom. The molecule has 0 aliphatic rings. The number of aromatic nitrogens is 2. The summed E-state index contributed by atoms with van der Waals surface area (Å²) in [5, 5.41) is 8.54. The molecule has 2 aromatic carbocycles. The molecule has 0 aliphatic carbocycles. The molecule has 0 radical (unpaired) electrons. The van der Waals surface area contributed by atoms with E-state index in [-0.39, 0.29) is 6.61 Å². The third kappa shape index (κ3) is 3.23. The highest BCUT2D eigenvalue weighted by Crippen LogP contribution is 2.26. The van der Waals surface area contributed by atoms with Gasteiger partial charge >= 0.3 is 0 Å². The molecule has 21 heavy (non-hydrogen) atoms. The van der Waals surface area contributed by atoms with Crippen LogP contribution in [0.1, 0.15) is 11.5 Å². The molecule has 3 rings (SSSR count). The molecule has 0 atom stereocenters. The minimum Gasteiger partial charge on any atom is -0.482 e. The van der Waals surface area contributed by atoms with Crippen LogP contribution < -0.4 is 4.74 Å². The van der Waals surface area contributed by atoms with Gasteiger partial charge in [0, 0.05) is 5.56 Å². The van der Waals surface area contributed by atoms with Crippen LogP contribution in [0.4, 0.5) is 0 Å². The zero-order valence-electron chi connectivity index (χ0n) is 11.4. The highest BCUT2D eigenvalue weighted by atomic mass is 35.5. The van der Waals surface area contributed by atoms with Gasteiger partial charge in [-0.1, -0.05) is 35.9 Å². The van der Waals surface area contributed by atoms with Crippen molar-refractivity contribution in [3.63, 3.8) is 0 Å². The van der Waals surface area contributed by atoms with Crippen molar-refractivity contribution < 1.29 is 9.15 Å². The van der Waals surface area contributed by atoms with Crippen LogP contribution in [0.15, 0.2) is 52.9 Å². The maximum absolute atomic E-state index is 6.07. The zero-order chi connectivity index (χ0) is 14.7. The maximum Gasteiger partial charge on any atom is 0.254 e. The van der Waals surface area contributed by atoms with E-state index in [4.69, 9.17) is 20.8 Å². The molecule has 0 N–H and O–H groups in total. The first-order valence-electron chi connectivity index (χ1n) is 6.49. The molecule has 0 aliphatic heterocycles. The van der Waals surface area contributed by atoms with Gasteiger partial charge in [0.15, 0.2) is 6.61 Å². The van der Waals surface area contributed by atoms with E-state index in [1.165, 1.54) is 0 Å². The van der Waals surface area contributed by atoms with Gasteiger partial charge in [-0.25, -0.2) is 0 Å². The summed E-state index contributed by atoms with van der Waals surface area (Å²) in [5.41, 5.74) is 1.95. The van der Waals surface area contributed by atoms with Crippen LogP contribution in [-0.4, -0.2) is 10.2 Å². The Labute approximate surface area is 127 Å². The summed E-state index contributed by atoms with van der Waals surface area (Å²) in [6, 6.07) is 15.2. The van der Waals surface area contributed by atoms with Gasteiger partial charge in [0.05, 0.1) is 5.02 Å². The Kier molecular flexibility index (Phi) is 3.88. The number of halogens is 1. The van der Waals surface area contributed by atoms with Crippen molar-refractivity contribution in [2.75, 3.05) is 0 Å². The van der Waals surface area contributed by atoms with Crippen molar-refractivity contribution in [3.05, 3.63) is 65.0 Å². The summed E-state index contributed by atoms with van der Waals surface area (Å²) < 4.78 is 11.2. The predicted octanol–water partition coefficient (Wildman–Crippen LogP) is 4.28. The van der Waals surface area contributed by atoms with E-state index >= 15 is 0 Å². The summed E-state index contributed by atoms with van der Waals surface area (Å²) in [7, 11) is 0. The average Bonchev–Trinajstić information content (AvgIpc) is 2.98. The molecule has 1 heterocycles. The van der Waals surface area contributed by atoms with Crippen molar-refractivity contribution >= 4 is 11.6 Å². The summed E-state index contributed by atoms with van der Waals surface area (Å²) in [6.45, 7) is 2.16. The van der Waals surface area contributed by atoms with Crippen LogP contribution in [0.3, 0.4) is 0 Å². The van der Waals surface area contributed by atoms with Crippen molar-refractivity contribution in [2.24, 2.45) is 0 Å². The molecule has 0 spiro atoms. The van der Waals surface area contributed by atoms with E-state index in [1.807, 2.05) is 49.4 Å².